The molecule has 1 saturated heterocycles. The zero-order valence-electron chi connectivity index (χ0n) is 21.1. The summed E-state index contributed by atoms with van der Waals surface area (Å²) < 4.78 is 1.50. The smallest absolute Gasteiger partial charge is 0.292 e. The van der Waals surface area contributed by atoms with E-state index in [0.29, 0.717) is 12.5 Å². The number of aromatic amines is 1. The van der Waals surface area contributed by atoms with Gasteiger partial charge in [-0.05, 0) is 74.0 Å². The topological polar surface area (TPSA) is 81.6 Å². The first-order valence-corrected chi connectivity index (χ1v) is 12.1. The van der Waals surface area contributed by atoms with Crippen LogP contribution in [0.2, 0.25) is 0 Å². The van der Waals surface area contributed by atoms with Crippen LogP contribution >= 0.6 is 0 Å². The predicted octanol–water partition coefficient (Wildman–Crippen LogP) is 3.94. The van der Waals surface area contributed by atoms with Crippen LogP contribution in [0.5, 0.6) is 5.75 Å². The number of likely N-dealkylation sites (tertiary alicyclic amines) is 1. The van der Waals surface area contributed by atoms with Crippen LogP contribution in [0.4, 0.5) is 0 Å². The number of fused-ring (bicyclic) bond motifs is 1. The lowest BCUT2D eigenvalue weighted by molar-refractivity contribution is -0.130. The van der Waals surface area contributed by atoms with E-state index in [0.717, 1.165) is 48.4 Å². The molecule has 182 valence electrons. The lowest BCUT2D eigenvalue weighted by atomic mass is 9.87. The second kappa shape index (κ2) is 9.29. The van der Waals surface area contributed by atoms with Crippen LogP contribution in [-0.2, 0) is 11.8 Å². The fraction of sp³-hybridized carbons (Fsp3) is 0.481. The number of hydrogen-bond donors (Lipinski definition) is 2. The number of aromatic hydroxyl groups is 1. The highest BCUT2D eigenvalue weighted by atomic mass is 16.3. The number of rotatable bonds is 5. The lowest BCUT2D eigenvalue weighted by Gasteiger charge is -2.32. The van der Waals surface area contributed by atoms with Crippen molar-refractivity contribution in [2.24, 2.45) is 7.05 Å². The van der Waals surface area contributed by atoms with Crippen molar-refractivity contribution in [2.45, 2.75) is 45.4 Å². The first-order valence-electron chi connectivity index (χ1n) is 12.1. The van der Waals surface area contributed by atoms with Gasteiger partial charge in [-0.1, -0.05) is 19.9 Å². The maximum absolute atomic E-state index is 12.2. The molecule has 3 aromatic rings. The minimum Gasteiger partial charge on any atom is -0.503 e. The highest BCUT2D eigenvalue weighted by Gasteiger charge is 2.25. The van der Waals surface area contributed by atoms with E-state index < -0.39 is 0 Å². The van der Waals surface area contributed by atoms with Gasteiger partial charge in [-0.15, -0.1) is 0 Å². The Kier molecular flexibility index (Phi) is 6.58. The van der Waals surface area contributed by atoms with E-state index in [2.05, 4.69) is 41.9 Å². The summed E-state index contributed by atoms with van der Waals surface area (Å²) in [5.41, 5.74) is 5.83. The maximum Gasteiger partial charge on any atom is 0.292 e. The van der Waals surface area contributed by atoms with Crippen molar-refractivity contribution in [3.8, 4) is 17.0 Å². The molecule has 1 aromatic carbocycles. The zero-order valence-corrected chi connectivity index (χ0v) is 21.1. The van der Waals surface area contributed by atoms with E-state index in [9.17, 15) is 14.7 Å². The van der Waals surface area contributed by atoms with Crippen LogP contribution in [0.3, 0.4) is 0 Å². The van der Waals surface area contributed by atoms with E-state index in [1.807, 2.05) is 6.92 Å². The predicted molar refractivity (Wildman–Crippen MR) is 137 cm³/mol. The van der Waals surface area contributed by atoms with Gasteiger partial charge in [0.2, 0.25) is 5.91 Å². The van der Waals surface area contributed by atoms with Crippen LogP contribution in [0.25, 0.3) is 22.2 Å². The van der Waals surface area contributed by atoms with Gasteiger partial charge in [0.15, 0.2) is 5.75 Å². The quantitative estimate of drug-likeness (QED) is 0.599. The fourth-order valence-corrected chi connectivity index (χ4v) is 5.11. The molecule has 2 aromatic heterocycles. The summed E-state index contributed by atoms with van der Waals surface area (Å²) in [5.74, 6) is 0.645. The summed E-state index contributed by atoms with van der Waals surface area (Å²) in [6, 6.07) is 8.26. The number of carbonyl (C=O) groups excluding carboxylic acids is 1. The van der Waals surface area contributed by atoms with Gasteiger partial charge in [-0.25, -0.2) is 0 Å². The molecule has 1 fully saturated rings. The molecule has 0 unspecified atom stereocenters. The second-order valence-electron chi connectivity index (χ2n) is 10.1. The molecule has 1 amide bonds. The van der Waals surface area contributed by atoms with Gasteiger partial charge in [-0.3, -0.25) is 14.5 Å². The molecule has 34 heavy (non-hydrogen) atoms. The minimum atomic E-state index is -0.385. The Bertz CT molecular complexity index is 1280. The Hall–Kier alpha value is -3.06. The molecule has 1 aliphatic rings. The SMILES string of the molecule is Cc1c(-c2[nH]c3ccc(C4CCN(CC(=O)N(C)C)CC4)cc3c2C(C)C)cc(O)c(=O)n1C. The van der Waals surface area contributed by atoms with Crippen LogP contribution in [-0.4, -0.2) is 64.1 Å². The van der Waals surface area contributed by atoms with E-state index in [1.165, 1.54) is 21.1 Å². The van der Waals surface area contributed by atoms with Crippen LogP contribution < -0.4 is 5.56 Å². The summed E-state index contributed by atoms with van der Waals surface area (Å²) in [6.45, 7) is 8.60. The van der Waals surface area contributed by atoms with Crippen molar-refractivity contribution in [2.75, 3.05) is 33.7 Å². The Balaban J connectivity index is 1.68. The molecule has 0 radical (unpaired) electrons. The molecular weight excluding hydrogens is 428 g/mol. The van der Waals surface area contributed by atoms with Crippen molar-refractivity contribution in [1.29, 1.82) is 0 Å². The van der Waals surface area contributed by atoms with Crippen LogP contribution in [0, 0.1) is 6.92 Å². The average Bonchev–Trinajstić information content (AvgIpc) is 3.19. The number of hydrogen-bond acceptors (Lipinski definition) is 4. The molecule has 1 aliphatic heterocycles. The monoisotopic (exact) mass is 464 g/mol. The summed E-state index contributed by atoms with van der Waals surface area (Å²) in [4.78, 5) is 31.7. The Labute approximate surface area is 201 Å². The second-order valence-corrected chi connectivity index (χ2v) is 10.1. The maximum atomic E-state index is 12.2. The van der Waals surface area contributed by atoms with Crippen molar-refractivity contribution >= 4 is 16.8 Å². The lowest BCUT2D eigenvalue weighted by Crippen LogP contribution is -2.40. The largest absolute Gasteiger partial charge is 0.503 e. The first kappa shape index (κ1) is 24.1. The summed E-state index contributed by atoms with van der Waals surface area (Å²) >= 11 is 0. The molecule has 0 saturated carbocycles. The molecule has 7 heteroatoms. The van der Waals surface area contributed by atoms with Gasteiger partial charge in [0.05, 0.1) is 12.2 Å². The van der Waals surface area contributed by atoms with E-state index in [1.54, 1.807) is 32.1 Å². The summed E-state index contributed by atoms with van der Waals surface area (Å²) in [5, 5.41) is 11.4. The van der Waals surface area contributed by atoms with E-state index in [-0.39, 0.29) is 23.1 Å². The Morgan fingerprint density at radius 2 is 1.88 bits per heavy atom. The third-order valence-corrected chi connectivity index (χ3v) is 7.32. The highest BCUT2D eigenvalue weighted by Crippen LogP contribution is 2.39. The van der Waals surface area contributed by atoms with Gasteiger partial charge in [0.1, 0.15) is 0 Å². The highest BCUT2D eigenvalue weighted by molar-refractivity contribution is 5.92. The Morgan fingerprint density at radius 1 is 1.21 bits per heavy atom. The molecule has 4 rings (SSSR count). The van der Waals surface area contributed by atoms with Crippen molar-refractivity contribution in [3.05, 3.63) is 51.4 Å². The third kappa shape index (κ3) is 4.37. The summed E-state index contributed by atoms with van der Waals surface area (Å²) in [7, 11) is 5.30. The number of pyridine rings is 1. The molecule has 2 N–H and O–H groups in total. The molecule has 0 aliphatic carbocycles. The molecule has 0 atom stereocenters. The van der Waals surface area contributed by atoms with Gasteiger partial charge in [0, 0.05) is 43.3 Å². The minimum absolute atomic E-state index is 0.154. The number of aromatic nitrogens is 2. The van der Waals surface area contributed by atoms with Crippen LogP contribution in [0.15, 0.2) is 29.1 Å². The zero-order chi connectivity index (χ0) is 24.7. The van der Waals surface area contributed by atoms with Crippen molar-refractivity contribution < 1.29 is 9.90 Å². The molecule has 3 heterocycles. The van der Waals surface area contributed by atoms with E-state index >= 15 is 0 Å². The van der Waals surface area contributed by atoms with Gasteiger partial charge in [-0.2, -0.15) is 0 Å². The molecule has 0 spiro atoms. The number of benzene rings is 1. The summed E-state index contributed by atoms with van der Waals surface area (Å²) in [6.07, 6.45) is 2.07. The third-order valence-electron chi connectivity index (χ3n) is 7.32. The van der Waals surface area contributed by atoms with Crippen molar-refractivity contribution in [3.63, 3.8) is 0 Å². The van der Waals surface area contributed by atoms with Crippen LogP contribution in [0.1, 0.15) is 55.3 Å². The molecule has 0 bridgehead atoms. The number of nitrogens with zero attached hydrogens (tertiary/aromatic N) is 3. The number of nitrogens with one attached hydrogen (secondary N) is 1. The number of H-pyrrole nitrogens is 1. The molecular formula is C27H36N4O3. The van der Waals surface area contributed by atoms with Gasteiger partial charge >= 0.3 is 0 Å². The van der Waals surface area contributed by atoms with Gasteiger partial charge < -0.3 is 19.6 Å². The standard InChI is InChI=1S/C27H36N4O3/c1-16(2)25-21-13-19(18-9-11-31(12-10-18)15-24(33)29(4)5)7-8-22(21)28-26(25)20-14-23(32)27(34)30(6)17(20)3/h7-8,13-14,16,18,28,32H,9-12,15H2,1-6H3. The molecule has 7 nitrogen and oxygen atoms in total. The van der Waals surface area contributed by atoms with E-state index in [4.69, 9.17) is 0 Å². The van der Waals surface area contributed by atoms with Crippen molar-refractivity contribution in [1.82, 2.24) is 19.4 Å². The Morgan fingerprint density at radius 3 is 2.50 bits per heavy atom. The fourth-order valence-electron chi connectivity index (χ4n) is 5.11. The van der Waals surface area contributed by atoms with Gasteiger partial charge in [0.25, 0.3) is 5.56 Å². The normalized spacial score (nSPS) is 15.4. The average molecular weight is 465 g/mol. The first-order chi connectivity index (χ1) is 16.1. The number of amides is 1. The number of likely N-dealkylation sites (N-methyl/N-ethyl adjacent to an activating group) is 1. The number of piperidine rings is 1. The number of carbonyl (C=O) groups is 1.